The van der Waals surface area contributed by atoms with Gasteiger partial charge >= 0.3 is 0 Å². The fraction of sp³-hybridized carbons (Fsp3) is 0.550. The van der Waals surface area contributed by atoms with Gasteiger partial charge in [-0.3, -0.25) is 0 Å². The van der Waals surface area contributed by atoms with Gasteiger partial charge in [-0.05, 0) is 24.5 Å². The maximum absolute atomic E-state index is 13.0. The van der Waals surface area contributed by atoms with Crippen molar-refractivity contribution >= 4 is 10.0 Å². The number of aryl methyl sites for hydroxylation is 2. The molecule has 0 unspecified atom stereocenters. The Kier molecular flexibility index (Phi) is 5.47. The van der Waals surface area contributed by atoms with Crippen LogP contribution in [0.15, 0.2) is 33.6 Å². The van der Waals surface area contributed by atoms with Crippen molar-refractivity contribution in [1.82, 2.24) is 14.2 Å². The molecule has 3 rings (SSSR count). The summed E-state index contributed by atoms with van der Waals surface area (Å²) in [5.41, 5.74) is 1.83. The van der Waals surface area contributed by atoms with Gasteiger partial charge in [0.15, 0.2) is 5.89 Å². The van der Waals surface area contributed by atoms with Crippen molar-refractivity contribution in [3.05, 3.63) is 35.9 Å². The second-order valence-corrected chi connectivity index (χ2v) is 10.3. The van der Waals surface area contributed by atoms with Crippen LogP contribution >= 0.6 is 0 Å². The van der Waals surface area contributed by atoms with Crippen molar-refractivity contribution in [1.29, 1.82) is 0 Å². The van der Waals surface area contributed by atoms with Crippen LogP contribution in [-0.4, -0.2) is 55.3 Å². The fourth-order valence-electron chi connectivity index (χ4n) is 3.53. The normalized spacial score (nSPS) is 17.4. The first kappa shape index (κ1) is 20.0. The largest absolute Gasteiger partial charge is 0.446 e. The Balaban J connectivity index is 1.71. The van der Waals surface area contributed by atoms with Crippen molar-refractivity contribution in [3.63, 3.8) is 0 Å². The van der Waals surface area contributed by atoms with E-state index in [1.54, 1.807) is 35.5 Å². The van der Waals surface area contributed by atoms with Crippen LogP contribution in [0.2, 0.25) is 0 Å². The smallest absolute Gasteiger partial charge is 0.243 e. The molecule has 1 aliphatic heterocycles. The van der Waals surface area contributed by atoms with Crippen LogP contribution in [0.3, 0.4) is 0 Å². The number of oxazole rings is 1. The summed E-state index contributed by atoms with van der Waals surface area (Å²) in [6.07, 6.45) is 0. The molecule has 2 aromatic rings. The van der Waals surface area contributed by atoms with Crippen LogP contribution in [0, 0.1) is 19.3 Å². The summed E-state index contributed by atoms with van der Waals surface area (Å²) in [6.45, 7) is 13.8. The van der Waals surface area contributed by atoms with Crippen LogP contribution in [0.25, 0.3) is 11.3 Å². The first-order chi connectivity index (χ1) is 12.6. The summed E-state index contributed by atoms with van der Waals surface area (Å²) in [5, 5.41) is 0. The van der Waals surface area contributed by atoms with Crippen molar-refractivity contribution < 1.29 is 12.8 Å². The minimum atomic E-state index is -3.47. The predicted molar refractivity (Wildman–Crippen MR) is 106 cm³/mol. The molecule has 27 heavy (non-hydrogen) atoms. The summed E-state index contributed by atoms with van der Waals surface area (Å²) in [5.74, 6) is 1.34. The molecule has 1 fully saturated rings. The Hall–Kier alpha value is -1.70. The quantitative estimate of drug-likeness (QED) is 0.800. The summed E-state index contributed by atoms with van der Waals surface area (Å²) in [4.78, 5) is 7.03. The Labute approximate surface area is 162 Å². The molecular formula is C20H29N3O3S. The van der Waals surface area contributed by atoms with Gasteiger partial charge in [-0.15, -0.1) is 0 Å². The monoisotopic (exact) mass is 391 g/mol. The van der Waals surface area contributed by atoms with Crippen LogP contribution in [0.4, 0.5) is 0 Å². The zero-order valence-corrected chi connectivity index (χ0v) is 17.6. The summed E-state index contributed by atoms with van der Waals surface area (Å²) >= 11 is 0. The van der Waals surface area contributed by atoms with Gasteiger partial charge in [0.05, 0.1) is 4.90 Å². The molecule has 7 heteroatoms. The van der Waals surface area contributed by atoms with Crippen molar-refractivity contribution in [2.24, 2.45) is 5.41 Å². The summed E-state index contributed by atoms with van der Waals surface area (Å²) in [7, 11) is -3.47. The van der Waals surface area contributed by atoms with Crippen LogP contribution in [-0.2, 0) is 10.0 Å². The van der Waals surface area contributed by atoms with Crippen molar-refractivity contribution in [2.45, 2.75) is 39.5 Å². The fourth-order valence-corrected chi connectivity index (χ4v) is 4.95. The molecule has 0 N–H and O–H groups in total. The molecule has 1 aromatic heterocycles. The molecule has 1 aliphatic rings. The first-order valence-electron chi connectivity index (χ1n) is 9.33. The summed E-state index contributed by atoms with van der Waals surface area (Å²) in [6, 6.07) is 6.92. The molecule has 2 heterocycles. The molecule has 148 valence electrons. The number of hydrogen-bond donors (Lipinski definition) is 0. The second kappa shape index (κ2) is 7.37. The third kappa shape index (κ3) is 4.59. The van der Waals surface area contributed by atoms with Crippen LogP contribution < -0.4 is 0 Å². The zero-order valence-electron chi connectivity index (χ0n) is 16.8. The molecule has 1 aromatic carbocycles. The van der Waals surface area contributed by atoms with Crippen LogP contribution in [0.5, 0.6) is 0 Å². The number of piperazine rings is 1. The Morgan fingerprint density at radius 3 is 2.11 bits per heavy atom. The van der Waals surface area contributed by atoms with E-state index in [1.165, 1.54) is 0 Å². The number of aromatic nitrogens is 1. The third-order valence-electron chi connectivity index (χ3n) is 4.70. The second-order valence-electron chi connectivity index (χ2n) is 8.40. The van der Waals surface area contributed by atoms with Gasteiger partial charge in [0.2, 0.25) is 10.0 Å². The zero-order chi connectivity index (χ0) is 19.8. The molecule has 6 nitrogen and oxygen atoms in total. The number of rotatable bonds is 4. The average Bonchev–Trinajstić information content (AvgIpc) is 2.92. The Morgan fingerprint density at radius 1 is 1.04 bits per heavy atom. The minimum Gasteiger partial charge on any atom is -0.446 e. The number of hydrogen-bond acceptors (Lipinski definition) is 5. The Morgan fingerprint density at radius 2 is 1.63 bits per heavy atom. The SMILES string of the molecule is Cc1nc(-c2ccc(S(=O)(=O)N3CCN(CC(C)(C)C)CC3)cc2)c(C)o1. The number of sulfonamides is 1. The van der Waals surface area contributed by atoms with E-state index < -0.39 is 10.0 Å². The highest BCUT2D eigenvalue weighted by molar-refractivity contribution is 7.89. The van der Waals surface area contributed by atoms with Gasteiger partial charge in [-0.2, -0.15) is 4.31 Å². The van der Waals surface area contributed by atoms with Gasteiger partial charge in [-0.1, -0.05) is 32.9 Å². The van der Waals surface area contributed by atoms with E-state index in [0.29, 0.717) is 23.9 Å². The highest BCUT2D eigenvalue weighted by Crippen LogP contribution is 2.26. The van der Waals surface area contributed by atoms with E-state index in [9.17, 15) is 8.42 Å². The van der Waals surface area contributed by atoms with Crippen molar-refractivity contribution in [3.8, 4) is 11.3 Å². The van der Waals surface area contributed by atoms with E-state index in [2.05, 4.69) is 30.7 Å². The van der Waals surface area contributed by atoms with E-state index in [-0.39, 0.29) is 5.41 Å². The van der Waals surface area contributed by atoms with Gasteiger partial charge in [-0.25, -0.2) is 13.4 Å². The molecule has 0 saturated carbocycles. The lowest BCUT2D eigenvalue weighted by atomic mass is 9.96. The molecular weight excluding hydrogens is 362 g/mol. The number of nitrogens with zero attached hydrogens (tertiary/aromatic N) is 3. The standard InChI is InChI=1S/C20H29N3O3S/c1-15-19(21-16(2)26-15)17-6-8-18(9-7-17)27(24,25)23-12-10-22(11-13-23)14-20(3,4)5/h6-9H,10-14H2,1-5H3. The molecule has 0 radical (unpaired) electrons. The molecule has 0 aliphatic carbocycles. The lowest BCUT2D eigenvalue weighted by Crippen LogP contribution is -2.50. The van der Waals surface area contributed by atoms with E-state index in [4.69, 9.17) is 4.42 Å². The molecule has 0 spiro atoms. The highest BCUT2D eigenvalue weighted by Gasteiger charge is 2.29. The van der Waals surface area contributed by atoms with Crippen LogP contribution in [0.1, 0.15) is 32.4 Å². The minimum absolute atomic E-state index is 0.217. The summed E-state index contributed by atoms with van der Waals surface area (Å²) < 4.78 is 33.0. The topological polar surface area (TPSA) is 66.7 Å². The van der Waals surface area contributed by atoms with E-state index in [0.717, 1.165) is 36.7 Å². The van der Waals surface area contributed by atoms with Gasteiger partial charge < -0.3 is 9.32 Å². The lowest BCUT2D eigenvalue weighted by Gasteiger charge is -2.37. The first-order valence-corrected chi connectivity index (χ1v) is 10.8. The molecule has 0 amide bonds. The Bertz CT molecular complexity index is 888. The molecule has 1 saturated heterocycles. The van der Waals surface area contributed by atoms with Gasteiger partial charge in [0.25, 0.3) is 0 Å². The maximum Gasteiger partial charge on any atom is 0.243 e. The molecule has 0 bridgehead atoms. The van der Waals surface area contributed by atoms with Crippen molar-refractivity contribution in [2.75, 3.05) is 32.7 Å². The maximum atomic E-state index is 13.0. The average molecular weight is 392 g/mol. The molecule has 0 atom stereocenters. The van der Waals surface area contributed by atoms with Gasteiger partial charge in [0.1, 0.15) is 11.5 Å². The van der Waals surface area contributed by atoms with E-state index >= 15 is 0 Å². The predicted octanol–water partition coefficient (Wildman–Crippen LogP) is 3.31. The third-order valence-corrected chi connectivity index (χ3v) is 6.61. The lowest BCUT2D eigenvalue weighted by molar-refractivity contribution is 0.141. The number of benzene rings is 1. The van der Waals surface area contributed by atoms with E-state index in [1.807, 2.05) is 6.92 Å². The highest BCUT2D eigenvalue weighted by atomic mass is 32.2. The van der Waals surface area contributed by atoms with Gasteiger partial charge in [0, 0.05) is 45.2 Å².